The average Bonchev–Trinajstić information content (AvgIpc) is 2.05. The zero-order chi connectivity index (χ0) is 8.27. The molecule has 0 aliphatic carbocycles. The second kappa shape index (κ2) is 3.25. The molecule has 11 heavy (non-hydrogen) atoms. The van der Waals surface area contributed by atoms with E-state index in [1.54, 1.807) is 18.3 Å². The number of aldehydes is 1. The van der Waals surface area contributed by atoms with Gasteiger partial charge in [-0.25, -0.2) is 0 Å². The van der Waals surface area contributed by atoms with E-state index < -0.39 is 0 Å². The lowest BCUT2D eigenvalue weighted by Gasteiger charge is -2.02. The van der Waals surface area contributed by atoms with E-state index in [4.69, 9.17) is 5.73 Å². The van der Waals surface area contributed by atoms with E-state index >= 15 is 0 Å². The summed E-state index contributed by atoms with van der Waals surface area (Å²) in [6.07, 6.45) is 2.37. The van der Waals surface area contributed by atoms with Crippen molar-refractivity contribution >= 4 is 6.29 Å². The molecule has 0 amide bonds. The van der Waals surface area contributed by atoms with Crippen LogP contribution in [0.25, 0.3) is 0 Å². The van der Waals surface area contributed by atoms with E-state index in [2.05, 4.69) is 4.98 Å². The van der Waals surface area contributed by atoms with E-state index in [9.17, 15) is 4.79 Å². The van der Waals surface area contributed by atoms with Crippen LogP contribution in [0.1, 0.15) is 29.0 Å². The molecule has 58 valence electrons. The molecule has 1 unspecified atom stereocenters. The fraction of sp³-hybridized carbons (Fsp3) is 0.250. The Bertz CT molecular complexity index is 258. The molecule has 1 rings (SSSR count). The van der Waals surface area contributed by atoms with Crippen LogP contribution in [0.5, 0.6) is 0 Å². The third-order valence-electron chi connectivity index (χ3n) is 1.41. The molecule has 1 atom stereocenters. The number of pyridine rings is 1. The van der Waals surface area contributed by atoms with Gasteiger partial charge in [0, 0.05) is 17.8 Å². The van der Waals surface area contributed by atoms with Crippen molar-refractivity contribution in [3.8, 4) is 0 Å². The Hall–Kier alpha value is -1.22. The Labute approximate surface area is 65.2 Å². The average molecular weight is 150 g/mol. The maximum atomic E-state index is 10.3. The highest BCUT2D eigenvalue weighted by atomic mass is 16.1. The molecule has 1 heterocycles. The normalized spacial score (nSPS) is 12.5. The summed E-state index contributed by atoms with van der Waals surface area (Å²) in [5.41, 5.74) is 6.92. The van der Waals surface area contributed by atoms with Gasteiger partial charge in [0.05, 0.1) is 5.69 Å². The second-order valence-electron chi connectivity index (χ2n) is 2.42. The van der Waals surface area contributed by atoms with Crippen molar-refractivity contribution < 1.29 is 4.79 Å². The van der Waals surface area contributed by atoms with E-state index in [1.807, 2.05) is 6.92 Å². The van der Waals surface area contributed by atoms with Crippen LogP contribution in [0.15, 0.2) is 18.3 Å². The molecule has 1 aromatic heterocycles. The Morgan fingerprint density at radius 2 is 2.45 bits per heavy atom. The van der Waals surface area contributed by atoms with Gasteiger partial charge in [0.25, 0.3) is 0 Å². The van der Waals surface area contributed by atoms with E-state index in [1.165, 1.54) is 0 Å². The predicted molar refractivity (Wildman–Crippen MR) is 42.2 cm³/mol. The molecular formula is C8H10N2O. The summed E-state index contributed by atoms with van der Waals surface area (Å²) >= 11 is 0. The maximum absolute atomic E-state index is 10.3. The first kappa shape index (κ1) is 7.88. The van der Waals surface area contributed by atoms with Gasteiger partial charge in [0.1, 0.15) is 6.29 Å². The second-order valence-corrected chi connectivity index (χ2v) is 2.42. The summed E-state index contributed by atoms with van der Waals surface area (Å²) in [4.78, 5) is 14.3. The van der Waals surface area contributed by atoms with Crippen molar-refractivity contribution in [3.05, 3.63) is 29.6 Å². The molecule has 0 saturated heterocycles. The Balaban J connectivity index is 3.00. The number of hydrogen-bond acceptors (Lipinski definition) is 3. The van der Waals surface area contributed by atoms with Crippen LogP contribution >= 0.6 is 0 Å². The fourth-order valence-corrected chi connectivity index (χ4v) is 0.788. The first-order chi connectivity index (χ1) is 5.24. The molecule has 0 spiro atoms. The van der Waals surface area contributed by atoms with Crippen molar-refractivity contribution in [2.75, 3.05) is 0 Å². The summed E-state index contributed by atoms with van der Waals surface area (Å²) < 4.78 is 0. The van der Waals surface area contributed by atoms with Gasteiger partial charge in [0.15, 0.2) is 0 Å². The van der Waals surface area contributed by atoms with Crippen LogP contribution < -0.4 is 5.73 Å². The smallest absolute Gasteiger partial charge is 0.150 e. The lowest BCUT2D eigenvalue weighted by atomic mass is 10.2. The van der Waals surface area contributed by atoms with E-state index in [0.717, 1.165) is 12.0 Å². The number of nitrogens with zero attached hydrogens (tertiary/aromatic N) is 1. The summed E-state index contributed by atoms with van der Waals surface area (Å²) in [6, 6.07) is 3.23. The maximum Gasteiger partial charge on any atom is 0.150 e. The summed E-state index contributed by atoms with van der Waals surface area (Å²) in [5, 5.41) is 0. The lowest BCUT2D eigenvalue weighted by Crippen LogP contribution is -2.07. The number of carbonyl (C=O) groups is 1. The molecule has 0 aliphatic rings. The standard InChI is InChI=1S/C8H10N2O/c1-6(9)8-4-7(5-11)2-3-10-8/h2-6H,9H2,1H3. The molecule has 0 fully saturated rings. The molecule has 0 bridgehead atoms. The molecule has 0 aromatic carbocycles. The van der Waals surface area contributed by atoms with Crippen molar-refractivity contribution in [2.24, 2.45) is 5.73 Å². The number of nitrogens with two attached hydrogens (primary N) is 1. The largest absolute Gasteiger partial charge is 0.323 e. The van der Waals surface area contributed by atoms with Crippen molar-refractivity contribution in [2.45, 2.75) is 13.0 Å². The predicted octanol–water partition coefficient (Wildman–Crippen LogP) is 0.914. The van der Waals surface area contributed by atoms with Crippen molar-refractivity contribution in [1.29, 1.82) is 0 Å². The molecule has 2 N–H and O–H groups in total. The van der Waals surface area contributed by atoms with Gasteiger partial charge < -0.3 is 5.73 Å². The van der Waals surface area contributed by atoms with Crippen LogP contribution in [0.4, 0.5) is 0 Å². The fourth-order valence-electron chi connectivity index (χ4n) is 0.788. The van der Waals surface area contributed by atoms with Crippen molar-refractivity contribution in [1.82, 2.24) is 4.98 Å². The first-order valence-corrected chi connectivity index (χ1v) is 3.40. The number of aromatic nitrogens is 1. The minimum atomic E-state index is -0.116. The zero-order valence-electron chi connectivity index (χ0n) is 6.32. The van der Waals surface area contributed by atoms with Crippen molar-refractivity contribution in [3.63, 3.8) is 0 Å². The van der Waals surface area contributed by atoms with Gasteiger partial charge >= 0.3 is 0 Å². The Kier molecular flexibility index (Phi) is 2.33. The van der Waals surface area contributed by atoms with Crippen LogP contribution in [-0.4, -0.2) is 11.3 Å². The Morgan fingerprint density at radius 3 is 3.00 bits per heavy atom. The summed E-state index contributed by atoms with van der Waals surface area (Å²) in [6.45, 7) is 1.83. The van der Waals surface area contributed by atoms with Gasteiger partial charge in [-0.05, 0) is 19.1 Å². The quantitative estimate of drug-likeness (QED) is 0.637. The highest BCUT2D eigenvalue weighted by Gasteiger charge is 2.00. The highest BCUT2D eigenvalue weighted by Crippen LogP contribution is 2.06. The molecule has 0 aliphatic heterocycles. The van der Waals surface area contributed by atoms with Gasteiger partial charge in [-0.1, -0.05) is 0 Å². The van der Waals surface area contributed by atoms with Crippen LogP contribution in [0.2, 0.25) is 0 Å². The van der Waals surface area contributed by atoms with Gasteiger partial charge in [-0.3, -0.25) is 9.78 Å². The van der Waals surface area contributed by atoms with E-state index in [-0.39, 0.29) is 6.04 Å². The molecule has 0 radical (unpaired) electrons. The monoisotopic (exact) mass is 150 g/mol. The van der Waals surface area contributed by atoms with Crippen LogP contribution in [0, 0.1) is 0 Å². The van der Waals surface area contributed by atoms with Crippen LogP contribution in [-0.2, 0) is 0 Å². The van der Waals surface area contributed by atoms with Gasteiger partial charge in [0.2, 0.25) is 0 Å². The highest BCUT2D eigenvalue weighted by molar-refractivity contribution is 5.74. The topological polar surface area (TPSA) is 56.0 Å². The molecule has 3 nitrogen and oxygen atoms in total. The number of hydrogen-bond donors (Lipinski definition) is 1. The zero-order valence-corrected chi connectivity index (χ0v) is 6.32. The minimum absolute atomic E-state index is 0.116. The lowest BCUT2D eigenvalue weighted by molar-refractivity contribution is 0.112. The van der Waals surface area contributed by atoms with Crippen LogP contribution in [0.3, 0.4) is 0 Å². The molecule has 0 saturated carbocycles. The summed E-state index contributed by atoms with van der Waals surface area (Å²) in [7, 11) is 0. The minimum Gasteiger partial charge on any atom is -0.323 e. The molecular weight excluding hydrogens is 140 g/mol. The van der Waals surface area contributed by atoms with E-state index in [0.29, 0.717) is 5.56 Å². The third kappa shape index (κ3) is 1.85. The summed E-state index contributed by atoms with van der Waals surface area (Å²) in [5.74, 6) is 0. The third-order valence-corrected chi connectivity index (χ3v) is 1.41. The van der Waals surface area contributed by atoms with Gasteiger partial charge in [-0.2, -0.15) is 0 Å². The Morgan fingerprint density at radius 1 is 1.73 bits per heavy atom. The first-order valence-electron chi connectivity index (χ1n) is 3.40. The molecule has 3 heteroatoms. The number of rotatable bonds is 2. The molecule has 1 aromatic rings. The number of carbonyl (C=O) groups excluding carboxylic acids is 1. The SMILES string of the molecule is CC(N)c1cc(C=O)ccn1. The van der Waals surface area contributed by atoms with Gasteiger partial charge in [-0.15, -0.1) is 0 Å².